The van der Waals surface area contributed by atoms with Gasteiger partial charge in [0.1, 0.15) is 6.54 Å². The molecule has 0 aliphatic heterocycles. The maximum absolute atomic E-state index is 11.9. The van der Waals surface area contributed by atoms with Crippen LogP contribution in [0.5, 0.6) is 0 Å². The average molecular weight is 262 g/mol. The lowest BCUT2D eigenvalue weighted by atomic mass is 9.97. The van der Waals surface area contributed by atoms with Crippen molar-refractivity contribution < 1.29 is 9.59 Å². The van der Waals surface area contributed by atoms with Crippen LogP contribution in [0.3, 0.4) is 0 Å². The summed E-state index contributed by atoms with van der Waals surface area (Å²) in [5.74, 6) is 0.684. The van der Waals surface area contributed by atoms with Crippen LogP contribution in [-0.4, -0.2) is 22.8 Å². The van der Waals surface area contributed by atoms with E-state index in [0.717, 1.165) is 29.8 Å². The first-order valence-electron chi connectivity index (χ1n) is 6.98. The highest BCUT2D eigenvalue weighted by molar-refractivity contribution is 5.98. The molecular weight excluding hydrogens is 240 g/mol. The molecule has 2 rings (SSSR count). The second-order valence-corrected chi connectivity index (χ2v) is 5.71. The molecule has 0 bridgehead atoms. The van der Waals surface area contributed by atoms with Gasteiger partial charge in [-0.1, -0.05) is 13.8 Å². The van der Waals surface area contributed by atoms with Gasteiger partial charge in [0.2, 0.25) is 5.91 Å². The van der Waals surface area contributed by atoms with Crippen LogP contribution in [0.1, 0.15) is 48.4 Å². The molecule has 0 saturated heterocycles. The lowest BCUT2D eigenvalue weighted by Gasteiger charge is -2.16. The summed E-state index contributed by atoms with van der Waals surface area (Å²) in [6.45, 7) is 7.12. The molecule has 4 nitrogen and oxygen atoms in total. The number of hydrogen-bond donors (Lipinski definition) is 1. The molecule has 1 N–H and O–H groups in total. The molecule has 0 fully saturated rings. The summed E-state index contributed by atoms with van der Waals surface area (Å²) in [5.41, 5.74) is 2.86. The Morgan fingerprint density at radius 1 is 1.42 bits per heavy atom. The molecule has 0 atom stereocenters. The molecular formula is C15H22N2O2. The molecule has 1 aromatic rings. The Labute approximate surface area is 114 Å². The summed E-state index contributed by atoms with van der Waals surface area (Å²) in [7, 11) is 0. The minimum Gasteiger partial charge on any atom is -0.354 e. The Morgan fingerprint density at radius 3 is 2.84 bits per heavy atom. The first-order chi connectivity index (χ1) is 8.99. The number of rotatable bonds is 4. The van der Waals surface area contributed by atoms with Crippen molar-refractivity contribution in [3.63, 3.8) is 0 Å². The van der Waals surface area contributed by atoms with Gasteiger partial charge in [0.15, 0.2) is 5.78 Å². The van der Waals surface area contributed by atoms with Crippen molar-refractivity contribution in [2.45, 2.75) is 46.6 Å². The van der Waals surface area contributed by atoms with Crippen molar-refractivity contribution in [1.82, 2.24) is 9.88 Å². The van der Waals surface area contributed by atoms with Gasteiger partial charge in [-0.3, -0.25) is 9.59 Å². The average Bonchev–Trinajstić information content (AvgIpc) is 2.66. The number of nitrogens with one attached hydrogen (secondary N) is 1. The fourth-order valence-corrected chi connectivity index (χ4v) is 2.53. The summed E-state index contributed by atoms with van der Waals surface area (Å²) in [6, 6.07) is 1.92. The van der Waals surface area contributed by atoms with Crippen molar-refractivity contribution in [2.24, 2.45) is 5.92 Å². The number of aromatic nitrogens is 1. The first-order valence-corrected chi connectivity index (χ1v) is 6.98. The Bertz CT molecular complexity index is 500. The summed E-state index contributed by atoms with van der Waals surface area (Å²) in [6.07, 6.45) is 2.42. The zero-order valence-corrected chi connectivity index (χ0v) is 12.0. The minimum atomic E-state index is 0.0215. The molecule has 0 radical (unpaired) electrons. The number of carbonyl (C=O) groups is 2. The van der Waals surface area contributed by atoms with Crippen LogP contribution in [0.15, 0.2) is 6.07 Å². The van der Waals surface area contributed by atoms with Gasteiger partial charge in [0.05, 0.1) is 0 Å². The largest absolute Gasteiger partial charge is 0.354 e. The number of Topliss-reactive ketones (excluding diaryl/α,β-unsaturated/α-hetero) is 1. The summed E-state index contributed by atoms with van der Waals surface area (Å²) in [4.78, 5) is 23.8. The van der Waals surface area contributed by atoms with Gasteiger partial charge in [0, 0.05) is 29.9 Å². The van der Waals surface area contributed by atoms with Crippen LogP contribution < -0.4 is 5.32 Å². The molecule has 1 amide bonds. The summed E-state index contributed by atoms with van der Waals surface area (Å²) < 4.78 is 1.99. The van der Waals surface area contributed by atoms with E-state index >= 15 is 0 Å². The van der Waals surface area contributed by atoms with Crippen molar-refractivity contribution >= 4 is 11.7 Å². The van der Waals surface area contributed by atoms with Gasteiger partial charge >= 0.3 is 0 Å². The fraction of sp³-hybridized carbons (Fsp3) is 0.600. The quantitative estimate of drug-likeness (QED) is 0.903. The van der Waals surface area contributed by atoms with Gasteiger partial charge in [-0.2, -0.15) is 0 Å². The molecule has 0 spiro atoms. The maximum Gasteiger partial charge on any atom is 0.239 e. The van der Waals surface area contributed by atoms with E-state index in [1.807, 2.05) is 17.6 Å². The number of carbonyl (C=O) groups excluding carboxylic acids is 2. The second-order valence-electron chi connectivity index (χ2n) is 5.71. The molecule has 0 saturated carbocycles. The predicted octanol–water partition coefficient (Wildman–Crippen LogP) is 2.09. The van der Waals surface area contributed by atoms with E-state index in [1.165, 1.54) is 0 Å². The zero-order chi connectivity index (χ0) is 14.0. The van der Waals surface area contributed by atoms with Crippen LogP contribution in [0, 0.1) is 12.8 Å². The van der Waals surface area contributed by atoms with Crippen LogP contribution in [0.25, 0.3) is 0 Å². The van der Waals surface area contributed by atoms with Crippen molar-refractivity contribution in [3.05, 3.63) is 23.0 Å². The van der Waals surface area contributed by atoms with E-state index in [2.05, 4.69) is 19.2 Å². The van der Waals surface area contributed by atoms with Gasteiger partial charge in [-0.15, -0.1) is 0 Å². The second kappa shape index (κ2) is 5.59. The Kier molecular flexibility index (Phi) is 4.08. The van der Waals surface area contributed by atoms with Crippen LogP contribution in [-0.2, 0) is 17.8 Å². The molecule has 104 valence electrons. The third-order valence-electron chi connectivity index (χ3n) is 3.54. The van der Waals surface area contributed by atoms with Crippen LogP contribution in [0.2, 0.25) is 0 Å². The van der Waals surface area contributed by atoms with Crippen molar-refractivity contribution in [1.29, 1.82) is 0 Å². The van der Waals surface area contributed by atoms with Crippen molar-refractivity contribution in [3.8, 4) is 0 Å². The number of aryl methyl sites for hydroxylation is 1. The lowest BCUT2D eigenvalue weighted by molar-refractivity contribution is -0.121. The summed E-state index contributed by atoms with van der Waals surface area (Å²) >= 11 is 0. The molecule has 1 aromatic heterocycles. The summed E-state index contributed by atoms with van der Waals surface area (Å²) in [5, 5.41) is 2.92. The van der Waals surface area contributed by atoms with E-state index in [-0.39, 0.29) is 11.7 Å². The van der Waals surface area contributed by atoms with E-state index in [0.29, 0.717) is 25.4 Å². The third-order valence-corrected chi connectivity index (χ3v) is 3.54. The molecule has 0 aromatic carbocycles. The Hall–Kier alpha value is -1.58. The van der Waals surface area contributed by atoms with Crippen molar-refractivity contribution in [2.75, 3.05) is 6.54 Å². The van der Waals surface area contributed by atoms with Crippen LogP contribution in [0.4, 0.5) is 0 Å². The monoisotopic (exact) mass is 262 g/mol. The number of nitrogens with zero attached hydrogens (tertiary/aromatic N) is 1. The van der Waals surface area contributed by atoms with E-state index in [4.69, 9.17) is 0 Å². The normalized spacial score (nSPS) is 14.6. The number of fused-ring (bicyclic) bond motifs is 1. The molecule has 4 heteroatoms. The van der Waals surface area contributed by atoms with Gasteiger partial charge < -0.3 is 9.88 Å². The molecule has 1 aliphatic rings. The van der Waals surface area contributed by atoms with Gasteiger partial charge in [0.25, 0.3) is 0 Å². The molecule has 0 unspecified atom stereocenters. The fourth-order valence-electron chi connectivity index (χ4n) is 2.53. The number of ketones is 1. The number of hydrogen-bond acceptors (Lipinski definition) is 2. The van der Waals surface area contributed by atoms with Crippen LogP contribution >= 0.6 is 0 Å². The highest BCUT2D eigenvalue weighted by atomic mass is 16.2. The minimum absolute atomic E-state index is 0.0215. The van der Waals surface area contributed by atoms with E-state index in [9.17, 15) is 9.59 Å². The molecule has 1 aliphatic carbocycles. The molecule has 1 heterocycles. The predicted molar refractivity (Wildman–Crippen MR) is 74.3 cm³/mol. The highest BCUT2D eigenvalue weighted by Gasteiger charge is 2.23. The van der Waals surface area contributed by atoms with E-state index in [1.54, 1.807) is 0 Å². The smallest absolute Gasteiger partial charge is 0.239 e. The lowest BCUT2D eigenvalue weighted by Crippen LogP contribution is -2.31. The SMILES string of the molecule is Cc1cc2c(n1CC(=O)NCC(C)C)CCCC2=O. The Balaban J connectivity index is 2.12. The topological polar surface area (TPSA) is 51.1 Å². The standard InChI is InChI=1S/C15H22N2O2/c1-10(2)8-16-15(19)9-17-11(3)7-12-13(17)5-4-6-14(12)18/h7,10H,4-6,8-9H2,1-3H3,(H,16,19). The number of amides is 1. The first kappa shape index (κ1) is 13.8. The van der Waals surface area contributed by atoms with E-state index < -0.39 is 0 Å². The Morgan fingerprint density at radius 2 is 2.16 bits per heavy atom. The van der Waals surface area contributed by atoms with Gasteiger partial charge in [-0.05, 0) is 31.7 Å². The third kappa shape index (κ3) is 3.06. The zero-order valence-electron chi connectivity index (χ0n) is 12.0. The highest BCUT2D eigenvalue weighted by Crippen LogP contribution is 2.24. The molecule has 19 heavy (non-hydrogen) atoms. The van der Waals surface area contributed by atoms with Gasteiger partial charge in [-0.25, -0.2) is 0 Å². The maximum atomic E-state index is 11.9.